The Morgan fingerprint density at radius 3 is 2.85 bits per heavy atom. The van der Waals surface area contributed by atoms with E-state index in [-0.39, 0.29) is 24.5 Å². The average molecular weight is 277 g/mol. The summed E-state index contributed by atoms with van der Waals surface area (Å²) in [4.78, 5) is 23.3. The number of amides is 2. The number of hydrogen-bond acceptors (Lipinski definition) is 4. The van der Waals surface area contributed by atoms with Gasteiger partial charge in [-0.05, 0) is 31.9 Å². The van der Waals surface area contributed by atoms with Crippen LogP contribution < -0.4 is 21.1 Å². The Bertz CT molecular complexity index is 500. The Labute approximate surface area is 117 Å². The number of carbonyl (C=O) groups is 2. The van der Waals surface area contributed by atoms with Crippen LogP contribution in [0.1, 0.15) is 19.8 Å². The van der Waals surface area contributed by atoms with Crippen molar-refractivity contribution in [3.05, 3.63) is 24.3 Å². The molecular formula is C14H19N3O3. The number of nitrogens with one attached hydrogen (secondary N) is 2. The molecule has 1 atom stereocenters. The number of benzene rings is 1. The standard InChI is InChI=1S/C14H19N3O3/c1-9(14(19)17-11-5-6-11)16-13(18)8-20-12-4-2-3-10(15)7-12/h2-4,7,9,11H,5-6,8,15H2,1H3,(H,16,18)(H,17,19). The fourth-order valence-electron chi connectivity index (χ4n) is 1.66. The summed E-state index contributed by atoms with van der Waals surface area (Å²) in [6, 6.07) is 6.55. The highest BCUT2D eigenvalue weighted by Crippen LogP contribution is 2.18. The van der Waals surface area contributed by atoms with Gasteiger partial charge in [0.05, 0.1) is 0 Å². The number of carbonyl (C=O) groups excluding carboxylic acids is 2. The fraction of sp³-hybridized carbons (Fsp3) is 0.429. The predicted molar refractivity (Wildman–Crippen MR) is 75.1 cm³/mol. The molecule has 2 amide bonds. The van der Waals surface area contributed by atoms with Crippen LogP contribution in [0.15, 0.2) is 24.3 Å². The molecule has 1 unspecified atom stereocenters. The molecule has 0 saturated heterocycles. The molecule has 0 bridgehead atoms. The lowest BCUT2D eigenvalue weighted by atomic mass is 10.3. The van der Waals surface area contributed by atoms with Crippen molar-refractivity contribution in [3.8, 4) is 5.75 Å². The van der Waals surface area contributed by atoms with Crippen LogP contribution >= 0.6 is 0 Å². The minimum Gasteiger partial charge on any atom is -0.484 e. The van der Waals surface area contributed by atoms with E-state index in [0.717, 1.165) is 12.8 Å². The van der Waals surface area contributed by atoms with E-state index in [0.29, 0.717) is 11.4 Å². The number of hydrogen-bond donors (Lipinski definition) is 3. The third-order valence-corrected chi connectivity index (χ3v) is 2.92. The molecule has 1 saturated carbocycles. The van der Waals surface area contributed by atoms with Gasteiger partial charge in [-0.1, -0.05) is 6.07 Å². The van der Waals surface area contributed by atoms with Gasteiger partial charge >= 0.3 is 0 Å². The monoisotopic (exact) mass is 277 g/mol. The van der Waals surface area contributed by atoms with Crippen molar-refractivity contribution in [3.63, 3.8) is 0 Å². The van der Waals surface area contributed by atoms with E-state index in [2.05, 4.69) is 10.6 Å². The van der Waals surface area contributed by atoms with Crippen molar-refractivity contribution in [2.75, 3.05) is 12.3 Å². The maximum atomic E-state index is 11.7. The van der Waals surface area contributed by atoms with E-state index in [1.807, 2.05) is 0 Å². The largest absolute Gasteiger partial charge is 0.484 e. The number of rotatable bonds is 6. The normalized spacial score (nSPS) is 15.2. The SMILES string of the molecule is CC(NC(=O)COc1cccc(N)c1)C(=O)NC1CC1. The summed E-state index contributed by atoms with van der Waals surface area (Å²) in [6.45, 7) is 1.50. The molecule has 2 rings (SSSR count). The molecule has 0 aliphatic heterocycles. The lowest BCUT2D eigenvalue weighted by Crippen LogP contribution is -2.46. The molecule has 1 aliphatic carbocycles. The predicted octanol–water partition coefficient (Wildman–Crippen LogP) is 0.431. The number of nitrogen functional groups attached to an aromatic ring is 1. The van der Waals surface area contributed by atoms with Gasteiger partial charge in [-0.3, -0.25) is 9.59 Å². The Morgan fingerprint density at radius 1 is 1.45 bits per heavy atom. The van der Waals surface area contributed by atoms with Gasteiger partial charge in [0, 0.05) is 17.8 Å². The van der Waals surface area contributed by atoms with Gasteiger partial charge in [-0.2, -0.15) is 0 Å². The maximum absolute atomic E-state index is 11.7. The summed E-state index contributed by atoms with van der Waals surface area (Å²) in [5, 5.41) is 5.42. The molecular weight excluding hydrogens is 258 g/mol. The number of anilines is 1. The van der Waals surface area contributed by atoms with Crippen molar-refractivity contribution in [2.45, 2.75) is 31.8 Å². The van der Waals surface area contributed by atoms with Crippen LogP contribution in [-0.4, -0.2) is 30.5 Å². The molecule has 6 heteroatoms. The van der Waals surface area contributed by atoms with Gasteiger partial charge in [-0.15, -0.1) is 0 Å². The summed E-state index contributed by atoms with van der Waals surface area (Å²) in [6.07, 6.45) is 2.04. The van der Waals surface area contributed by atoms with Crippen molar-refractivity contribution in [1.29, 1.82) is 0 Å². The smallest absolute Gasteiger partial charge is 0.258 e. The van der Waals surface area contributed by atoms with E-state index in [4.69, 9.17) is 10.5 Å². The van der Waals surface area contributed by atoms with Crippen molar-refractivity contribution in [2.24, 2.45) is 0 Å². The first-order valence-electron chi connectivity index (χ1n) is 6.62. The quantitative estimate of drug-likeness (QED) is 0.657. The molecule has 1 aliphatic rings. The highest BCUT2D eigenvalue weighted by Gasteiger charge is 2.26. The fourth-order valence-corrected chi connectivity index (χ4v) is 1.66. The van der Waals surface area contributed by atoms with E-state index < -0.39 is 6.04 Å². The van der Waals surface area contributed by atoms with Gasteiger partial charge in [-0.25, -0.2) is 0 Å². The highest BCUT2D eigenvalue weighted by molar-refractivity contribution is 5.88. The maximum Gasteiger partial charge on any atom is 0.258 e. The Hall–Kier alpha value is -2.24. The minimum atomic E-state index is -0.562. The van der Waals surface area contributed by atoms with Crippen LogP contribution in [0, 0.1) is 0 Å². The van der Waals surface area contributed by atoms with Gasteiger partial charge in [0.1, 0.15) is 11.8 Å². The summed E-state index contributed by atoms with van der Waals surface area (Å²) < 4.78 is 5.30. The van der Waals surface area contributed by atoms with Crippen molar-refractivity contribution in [1.82, 2.24) is 10.6 Å². The van der Waals surface area contributed by atoms with Crippen LogP contribution in [0.25, 0.3) is 0 Å². The first kappa shape index (κ1) is 14.2. The van der Waals surface area contributed by atoms with E-state index >= 15 is 0 Å². The lowest BCUT2D eigenvalue weighted by Gasteiger charge is -2.14. The molecule has 6 nitrogen and oxygen atoms in total. The van der Waals surface area contributed by atoms with Gasteiger partial charge < -0.3 is 21.1 Å². The molecule has 1 aromatic carbocycles. The zero-order chi connectivity index (χ0) is 14.5. The second-order valence-electron chi connectivity index (χ2n) is 4.93. The van der Waals surface area contributed by atoms with Crippen molar-refractivity contribution < 1.29 is 14.3 Å². The first-order valence-corrected chi connectivity index (χ1v) is 6.62. The number of ether oxygens (including phenoxy) is 1. The molecule has 1 aromatic rings. The molecule has 4 N–H and O–H groups in total. The van der Waals surface area contributed by atoms with Crippen LogP contribution in [0.3, 0.4) is 0 Å². The molecule has 1 fully saturated rings. The molecule has 0 aromatic heterocycles. The summed E-state index contributed by atoms with van der Waals surface area (Å²) in [5.74, 6) is 0.0194. The third-order valence-electron chi connectivity index (χ3n) is 2.92. The molecule has 20 heavy (non-hydrogen) atoms. The van der Waals surface area contributed by atoms with Crippen LogP contribution in [0.2, 0.25) is 0 Å². The second kappa shape index (κ2) is 6.27. The minimum absolute atomic E-state index is 0.148. The van der Waals surface area contributed by atoms with Gasteiger partial charge in [0.15, 0.2) is 6.61 Å². The Morgan fingerprint density at radius 2 is 2.20 bits per heavy atom. The van der Waals surface area contributed by atoms with Gasteiger partial charge in [0.2, 0.25) is 5.91 Å². The van der Waals surface area contributed by atoms with E-state index in [1.165, 1.54) is 0 Å². The Balaban J connectivity index is 1.72. The van der Waals surface area contributed by atoms with E-state index in [1.54, 1.807) is 31.2 Å². The lowest BCUT2D eigenvalue weighted by molar-refractivity contribution is -0.129. The molecule has 108 valence electrons. The summed E-state index contributed by atoms with van der Waals surface area (Å²) in [7, 11) is 0. The molecule has 0 heterocycles. The van der Waals surface area contributed by atoms with Crippen LogP contribution in [0.4, 0.5) is 5.69 Å². The first-order chi connectivity index (χ1) is 9.54. The van der Waals surface area contributed by atoms with E-state index in [9.17, 15) is 9.59 Å². The van der Waals surface area contributed by atoms with Crippen molar-refractivity contribution >= 4 is 17.5 Å². The summed E-state index contributed by atoms with van der Waals surface area (Å²) in [5.41, 5.74) is 6.17. The van der Waals surface area contributed by atoms with Crippen LogP contribution in [0.5, 0.6) is 5.75 Å². The number of nitrogens with two attached hydrogens (primary N) is 1. The second-order valence-corrected chi connectivity index (χ2v) is 4.93. The van der Waals surface area contributed by atoms with Gasteiger partial charge in [0.25, 0.3) is 5.91 Å². The Kier molecular flexibility index (Phi) is 4.45. The zero-order valence-corrected chi connectivity index (χ0v) is 11.4. The molecule has 0 spiro atoms. The van der Waals surface area contributed by atoms with Crippen LogP contribution in [-0.2, 0) is 9.59 Å². The summed E-state index contributed by atoms with van der Waals surface area (Å²) >= 11 is 0. The average Bonchev–Trinajstić information content (AvgIpc) is 3.20. The highest BCUT2D eigenvalue weighted by atomic mass is 16.5. The third kappa shape index (κ3) is 4.46. The topological polar surface area (TPSA) is 93.4 Å². The molecule has 0 radical (unpaired) electrons. The zero-order valence-electron chi connectivity index (χ0n) is 11.4.